The molecule has 134 valence electrons. The number of carbonyl (C=O) groups is 1. The molecule has 0 spiro atoms. The van der Waals surface area contributed by atoms with E-state index in [1.54, 1.807) is 0 Å². The fourth-order valence-corrected chi connectivity index (χ4v) is 5.42. The van der Waals surface area contributed by atoms with Gasteiger partial charge in [0.05, 0.1) is 0 Å². The predicted molar refractivity (Wildman–Crippen MR) is 110 cm³/mol. The summed E-state index contributed by atoms with van der Waals surface area (Å²) in [6, 6.07) is 8.65. The van der Waals surface area contributed by atoms with Crippen LogP contribution in [0.1, 0.15) is 37.7 Å². The maximum Gasteiger partial charge on any atom is 0.225 e. The summed E-state index contributed by atoms with van der Waals surface area (Å²) in [5.41, 5.74) is 2.24. The Morgan fingerprint density at radius 1 is 1.33 bits per heavy atom. The molecule has 1 saturated carbocycles. The van der Waals surface area contributed by atoms with Crippen molar-refractivity contribution in [1.82, 2.24) is 5.32 Å². The Balaban J connectivity index is 0.00000208. The Labute approximate surface area is 159 Å². The van der Waals surface area contributed by atoms with Crippen LogP contribution in [-0.2, 0) is 10.5 Å². The first-order valence-corrected chi connectivity index (χ1v) is 10.8. The number of nitrogens with one attached hydrogen (secondary N) is 2. The number of hydrogen-bond donors (Lipinski definition) is 2. The molecule has 1 aromatic carbocycles. The van der Waals surface area contributed by atoms with Gasteiger partial charge in [-0.15, -0.1) is 12.4 Å². The van der Waals surface area contributed by atoms with Gasteiger partial charge in [0, 0.05) is 47.2 Å². The Morgan fingerprint density at radius 3 is 2.92 bits per heavy atom. The van der Waals surface area contributed by atoms with Crippen LogP contribution in [0.25, 0.3) is 0 Å². The molecule has 3 nitrogen and oxygen atoms in total. The fraction of sp³-hybridized carbons (Fsp3) is 0.611. The average Bonchev–Trinajstić information content (AvgIpc) is 3.07. The van der Waals surface area contributed by atoms with Crippen LogP contribution in [0.5, 0.6) is 0 Å². The van der Waals surface area contributed by atoms with Gasteiger partial charge in [-0.25, -0.2) is 0 Å². The normalized spacial score (nSPS) is 21.2. The number of carbonyl (C=O) groups excluding carboxylic acids is 1. The zero-order valence-corrected chi connectivity index (χ0v) is 16.4. The third-order valence-electron chi connectivity index (χ3n) is 4.43. The van der Waals surface area contributed by atoms with E-state index in [9.17, 15) is 4.79 Å². The molecule has 2 aliphatic rings. The Morgan fingerprint density at radius 2 is 2.17 bits per heavy atom. The first-order valence-electron chi connectivity index (χ1n) is 8.61. The molecule has 1 saturated heterocycles. The van der Waals surface area contributed by atoms with Gasteiger partial charge in [-0.05, 0) is 30.5 Å². The number of thioether (sulfide) groups is 2. The van der Waals surface area contributed by atoms with E-state index in [4.69, 9.17) is 0 Å². The number of benzene rings is 1. The van der Waals surface area contributed by atoms with Gasteiger partial charge in [0.1, 0.15) is 0 Å². The lowest BCUT2D eigenvalue weighted by atomic mass is 10.2. The lowest BCUT2D eigenvalue weighted by molar-refractivity contribution is -0.116. The third kappa shape index (κ3) is 6.51. The first-order chi connectivity index (χ1) is 11.3. The number of anilines is 1. The van der Waals surface area contributed by atoms with Crippen molar-refractivity contribution in [3.63, 3.8) is 0 Å². The maximum absolute atomic E-state index is 12.2. The van der Waals surface area contributed by atoms with Crippen LogP contribution in [0.4, 0.5) is 5.69 Å². The van der Waals surface area contributed by atoms with Crippen LogP contribution >= 0.6 is 35.9 Å². The van der Waals surface area contributed by atoms with Crippen molar-refractivity contribution in [1.29, 1.82) is 0 Å². The molecule has 1 aromatic rings. The molecule has 0 aromatic heterocycles. The van der Waals surface area contributed by atoms with Crippen LogP contribution < -0.4 is 10.6 Å². The molecule has 1 unspecified atom stereocenters. The summed E-state index contributed by atoms with van der Waals surface area (Å²) in [7, 11) is 0. The highest BCUT2D eigenvalue weighted by molar-refractivity contribution is 7.99. The van der Waals surface area contributed by atoms with Crippen molar-refractivity contribution >= 4 is 47.5 Å². The third-order valence-corrected chi connectivity index (χ3v) is 7.00. The van der Waals surface area contributed by atoms with Gasteiger partial charge in [-0.3, -0.25) is 4.79 Å². The highest BCUT2D eigenvalue weighted by Crippen LogP contribution is 2.31. The molecule has 3 rings (SSSR count). The van der Waals surface area contributed by atoms with Crippen molar-refractivity contribution in [2.75, 3.05) is 23.4 Å². The zero-order valence-electron chi connectivity index (χ0n) is 14.0. The largest absolute Gasteiger partial charge is 0.326 e. The van der Waals surface area contributed by atoms with Crippen LogP contribution in [0.3, 0.4) is 0 Å². The predicted octanol–water partition coefficient (Wildman–Crippen LogP) is 4.32. The van der Waals surface area contributed by atoms with Crippen molar-refractivity contribution in [2.24, 2.45) is 0 Å². The molecule has 0 radical (unpaired) electrons. The van der Waals surface area contributed by atoms with E-state index in [1.807, 2.05) is 17.8 Å². The van der Waals surface area contributed by atoms with E-state index in [-0.39, 0.29) is 18.3 Å². The summed E-state index contributed by atoms with van der Waals surface area (Å²) in [6.45, 7) is 1.01. The minimum absolute atomic E-state index is 0. The van der Waals surface area contributed by atoms with E-state index in [0.29, 0.717) is 12.5 Å². The number of amides is 1. The summed E-state index contributed by atoms with van der Waals surface area (Å²) < 4.78 is 0. The lowest BCUT2D eigenvalue weighted by Gasteiger charge is -2.22. The van der Waals surface area contributed by atoms with Gasteiger partial charge in [0.2, 0.25) is 5.91 Å². The summed E-state index contributed by atoms with van der Waals surface area (Å²) in [5, 5.41) is 7.31. The average molecular weight is 387 g/mol. The van der Waals surface area contributed by atoms with Crippen LogP contribution in [0.2, 0.25) is 0 Å². The van der Waals surface area contributed by atoms with E-state index in [2.05, 4.69) is 40.6 Å². The zero-order chi connectivity index (χ0) is 15.9. The van der Waals surface area contributed by atoms with Crippen LogP contribution in [-0.4, -0.2) is 35.2 Å². The van der Waals surface area contributed by atoms with Crippen LogP contribution in [0.15, 0.2) is 24.3 Å². The highest BCUT2D eigenvalue weighted by atomic mass is 35.5. The minimum Gasteiger partial charge on any atom is -0.326 e. The van der Waals surface area contributed by atoms with Gasteiger partial charge in [-0.1, -0.05) is 25.0 Å². The summed E-state index contributed by atoms with van der Waals surface area (Å²) in [4.78, 5) is 12.2. The van der Waals surface area contributed by atoms with Crippen molar-refractivity contribution in [2.45, 2.75) is 49.1 Å². The maximum atomic E-state index is 12.2. The minimum atomic E-state index is 0. The smallest absolute Gasteiger partial charge is 0.225 e. The second-order valence-corrected chi connectivity index (χ2v) is 8.83. The molecule has 1 atom stereocenters. The topological polar surface area (TPSA) is 41.1 Å². The van der Waals surface area contributed by atoms with E-state index < -0.39 is 0 Å². The van der Waals surface area contributed by atoms with Crippen molar-refractivity contribution in [3.8, 4) is 0 Å². The molecule has 2 N–H and O–H groups in total. The molecule has 6 heteroatoms. The number of halogens is 1. The molecule has 0 bridgehead atoms. The SMILES string of the molecule is Cl.O=C(CC1CSCCN1)Nc1cccc(CSC2CCCC2)c1. The summed E-state index contributed by atoms with van der Waals surface area (Å²) >= 11 is 3.99. The van der Waals surface area contributed by atoms with Crippen LogP contribution in [0, 0.1) is 0 Å². The summed E-state index contributed by atoms with van der Waals surface area (Å²) in [6.07, 6.45) is 6.08. The molecule has 1 amide bonds. The summed E-state index contributed by atoms with van der Waals surface area (Å²) in [5.74, 6) is 3.35. The monoisotopic (exact) mass is 386 g/mol. The van der Waals surface area contributed by atoms with Gasteiger partial charge < -0.3 is 10.6 Å². The Kier molecular flexibility index (Phi) is 8.81. The van der Waals surface area contributed by atoms with E-state index in [1.165, 1.54) is 31.2 Å². The standard InChI is InChI=1S/C18H26N2OS2.ClH/c21-18(11-16-13-22-9-8-19-16)20-15-5-3-4-14(10-15)12-23-17-6-1-2-7-17;/h3-5,10,16-17,19H,1-2,6-9,11-13H2,(H,20,21);1H. The van der Waals surface area contributed by atoms with Gasteiger partial charge in [0.25, 0.3) is 0 Å². The number of hydrogen-bond acceptors (Lipinski definition) is 4. The fourth-order valence-electron chi connectivity index (χ4n) is 3.19. The lowest BCUT2D eigenvalue weighted by Crippen LogP contribution is -2.39. The second kappa shape index (κ2) is 10.6. The van der Waals surface area contributed by atoms with Gasteiger partial charge in [0.15, 0.2) is 0 Å². The molecule has 2 fully saturated rings. The van der Waals surface area contributed by atoms with Gasteiger partial charge >= 0.3 is 0 Å². The Bertz CT molecular complexity index is 517. The molecular formula is C18H27ClN2OS2. The quantitative estimate of drug-likeness (QED) is 0.763. The second-order valence-electron chi connectivity index (χ2n) is 6.40. The number of rotatable bonds is 6. The molecule has 1 aliphatic heterocycles. The highest BCUT2D eigenvalue weighted by Gasteiger charge is 2.17. The van der Waals surface area contributed by atoms with E-state index in [0.717, 1.165) is 34.7 Å². The Hall–Kier alpha value is -0.360. The molecule has 1 heterocycles. The molecule has 24 heavy (non-hydrogen) atoms. The van der Waals surface area contributed by atoms with E-state index >= 15 is 0 Å². The first kappa shape index (κ1) is 20.0. The van der Waals surface area contributed by atoms with Gasteiger partial charge in [-0.2, -0.15) is 23.5 Å². The van der Waals surface area contributed by atoms with Crippen molar-refractivity contribution in [3.05, 3.63) is 29.8 Å². The molecular weight excluding hydrogens is 360 g/mol. The van der Waals surface area contributed by atoms with Crippen molar-refractivity contribution < 1.29 is 4.79 Å². The molecule has 1 aliphatic carbocycles.